The second kappa shape index (κ2) is 11.4. The van der Waals surface area contributed by atoms with Crippen LogP contribution in [0.2, 0.25) is 0 Å². The fourth-order valence-corrected chi connectivity index (χ4v) is 3.93. The number of hydrogen-bond acceptors (Lipinski definition) is 5. The van der Waals surface area contributed by atoms with Gasteiger partial charge in [0.15, 0.2) is 0 Å². The normalized spacial score (nSPS) is 11.5. The molecule has 2 amide bonds. The second-order valence-electron chi connectivity index (χ2n) is 8.40. The summed E-state index contributed by atoms with van der Waals surface area (Å²) in [6, 6.07) is 16.9. The molecule has 4 rings (SSSR count). The maximum atomic E-state index is 14.0. The number of nitrogens with one attached hydrogen (secondary N) is 1. The molecule has 1 aromatic heterocycles. The summed E-state index contributed by atoms with van der Waals surface area (Å²) < 4.78 is 19.4. The maximum Gasteiger partial charge on any atom is 0.279 e. The smallest absolute Gasteiger partial charge is 0.279 e. The molecule has 188 valence electrons. The van der Waals surface area contributed by atoms with E-state index in [1.165, 1.54) is 47.8 Å². The Kier molecular flexibility index (Phi) is 7.88. The number of nitrogens with zero attached hydrogens (tertiary/aromatic N) is 3. The Morgan fingerprint density at radius 3 is 2.43 bits per heavy atom. The molecule has 1 heterocycles. The average molecular weight is 499 g/mol. The van der Waals surface area contributed by atoms with Gasteiger partial charge >= 0.3 is 0 Å². The molecule has 7 nitrogen and oxygen atoms in total. The van der Waals surface area contributed by atoms with E-state index in [1.807, 2.05) is 32.9 Å². The van der Waals surface area contributed by atoms with Gasteiger partial charge in [0.25, 0.3) is 11.8 Å². The number of anilines is 2. The Hall–Kier alpha value is -4.59. The van der Waals surface area contributed by atoms with Gasteiger partial charge in [-0.2, -0.15) is 0 Å². The van der Waals surface area contributed by atoms with Crippen LogP contribution in [-0.2, 0) is 4.79 Å². The third kappa shape index (κ3) is 5.81. The van der Waals surface area contributed by atoms with Gasteiger partial charge in [-0.3, -0.25) is 19.5 Å². The van der Waals surface area contributed by atoms with E-state index >= 15 is 0 Å². The zero-order chi connectivity index (χ0) is 26.4. The largest absolute Gasteiger partial charge is 0.493 e. The molecule has 0 aliphatic heterocycles. The van der Waals surface area contributed by atoms with Crippen LogP contribution in [0.4, 0.5) is 15.8 Å². The fourth-order valence-electron chi connectivity index (χ4n) is 3.93. The summed E-state index contributed by atoms with van der Waals surface area (Å²) in [5, 5.41) is 2.83. The van der Waals surface area contributed by atoms with Gasteiger partial charge in [-0.1, -0.05) is 24.3 Å². The van der Waals surface area contributed by atoms with Crippen molar-refractivity contribution in [3.8, 4) is 5.75 Å². The van der Waals surface area contributed by atoms with Crippen molar-refractivity contribution in [2.45, 2.75) is 26.8 Å². The number of aromatic nitrogens is 2. The van der Waals surface area contributed by atoms with E-state index in [0.29, 0.717) is 29.3 Å². The van der Waals surface area contributed by atoms with E-state index in [0.717, 1.165) is 11.1 Å². The van der Waals surface area contributed by atoms with E-state index in [9.17, 15) is 14.0 Å². The molecular weight excluding hydrogens is 471 g/mol. The highest BCUT2D eigenvalue weighted by Gasteiger charge is 2.36. The summed E-state index contributed by atoms with van der Waals surface area (Å²) in [5.74, 6) is -0.980. The highest BCUT2D eigenvalue weighted by molar-refractivity contribution is 6.11. The Morgan fingerprint density at radius 2 is 1.76 bits per heavy atom. The Labute approximate surface area is 215 Å². The van der Waals surface area contributed by atoms with Crippen molar-refractivity contribution in [2.75, 3.05) is 16.8 Å². The topological polar surface area (TPSA) is 84.4 Å². The highest BCUT2D eigenvalue weighted by atomic mass is 19.1. The first-order valence-corrected chi connectivity index (χ1v) is 11.8. The van der Waals surface area contributed by atoms with Gasteiger partial charge in [0.1, 0.15) is 23.3 Å². The number of para-hydroxylation sites is 1. The van der Waals surface area contributed by atoms with E-state index < -0.39 is 23.7 Å². The van der Waals surface area contributed by atoms with Crippen LogP contribution in [0.3, 0.4) is 0 Å². The summed E-state index contributed by atoms with van der Waals surface area (Å²) in [6.45, 7) is 6.11. The van der Waals surface area contributed by atoms with Gasteiger partial charge in [-0.25, -0.2) is 9.37 Å². The standard InChI is InChI=1S/C29H27FN4O3/c1-4-37-26-8-6-5-7-24(26)27(28(35)33-22-12-10-21(30)11-13-22)34(23-14-9-19(2)20(3)17-23)29(36)25-18-31-15-16-32-25/h5-18,27H,4H2,1-3H3,(H,33,35)/t27-/m1/s1. The van der Waals surface area contributed by atoms with Crippen molar-refractivity contribution in [3.05, 3.63) is 114 Å². The monoisotopic (exact) mass is 498 g/mol. The van der Waals surface area contributed by atoms with Gasteiger partial charge in [0.05, 0.1) is 12.8 Å². The Balaban J connectivity index is 1.91. The SMILES string of the molecule is CCOc1ccccc1[C@H](C(=O)Nc1ccc(F)cc1)N(C(=O)c1cnccn1)c1ccc(C)c(C)c1. The van der Waals surface area contributed by atoms with Crippen molar-refractivity contribution in [3.63, 3.8) is 0 Å². The first kappa shape index (κ1) is 25.5. The number of ether oxygens (including phenoxy) is 1. The van der Waals surface area contributed by atoms with Crippen LogP contribution in [0.15, 0.2) is 85.3 Å². The van der Waals surface area contributed by atoms with Crippen molar-refractivity contribution in [2.24, 2.45) is 0 Å². The molecule has 0 saturated carbocycles. The summed E-state index contributed by atoms with van der Waals surface area (Å²) >= 11 is 0. The lowest BCUT2D eigenvalue weighted by Crippen LogP contribution is -2.42. The molecule has 4 aromatic rings. The van der Waals surface area contributed by atoms with Gasteiger partial charge in [-0.15, -0.1) is 0 Å². The van der Waals surface area contributed by atoms with E-state index in [1.54, 1.807) is 30.3 Å². The quantitative estimate of drug-likeness (QED) is 0.339. The maximum absolute atomic E-state index is 14.0. The van der Waals surface area contributed by atoms with Crippen LogP contribution in [0.25, 0.3) is 0 Å². The Morgan fingerprint density at radius 1 is 1.00 bits per heavy atom. The number of carbonyl (C=O) groups excluding carboxylic acids is 2. The summed E-state index contributed by atoms with van der Waals surface area (Å²) in [7, 11) is 0. The minimum Gasteiger partial charge on any atom is -0.493 e. The molecule has 0 bridgehead atoms. The first-order valence-electron chi connectivity index (χ1n) is 11.8. The molecule has 0 spiro atoms. The number of rotatable bonds is 8. The van der Waals surface area contributed by atoms with Crippen LogP contribution in [0, 0.1) is 19.7 Å². The molecule has 1 N–H and O–H groups in total. The first-order chi connectivity index (χ1) is 17.9. The van der Waals surface area contributed by atoms with Crippen molar-refractivity contribution in [1.82, 2.24) is 9.97 Å². The van der Waals surface area contributed by atoms with Crippen LogP contribution in [0.1, 0.15) is 40.1 Å². The van der Waals surface area contributed by atoms with Crippen LogP contribution in [-0.4, -0.2) is 28.4 Å². The Bertz CT molecular complexity index is 1390. The van der Waals surface area contributed by atoms with Crippen molar-refractivity contribution < 1.29 is 18.7 Å². The summed E-state index contributed by atoms with van der Waals surface area (Å²) in [6.07, 6.45) is 4.26. The lowest BCUT2D eigenvalue weighted by atomic mass is 10.00. The molecule has 0 aliphatic carbocycles. The number of carbonyl (C=O) groups is 2. The molecule has 0 fully saturated rings. The predicted octanol–water partition coefficient (Wildman–Crippen LogP) is 5.66. The van der Waals surface area contributed by atoms with Gasteiger partial charge < -0.3 is 10.1 Å². The minimum atomic E-state index is -1.15. The molecule has 0 saturated heterocycles. The zero-order valence-corrected chi connectivity index (χ0v) is 20.8. The van der Waals surface area contributed by atoms with Gasteiger partial charge in [0, 0.05) is 29.3 Å². The van der Waals surface area contributed by atoms with Crippen molar-refractivity contribution in [1.29, 1.82) is 0 Å². The lowest BCUT2D eigenvalue weighted by Gasteiger charge is -2.32. The number of halogens is 1. The van der Waals surface area contributed by atoms with Crippen molar-refractivity contribution >= 4 is 23.2 Å². The predicted molar refractivity (Wildman–Crippen MR) is 140 cm³/mol. The summed E-state index contributed by atoms with van der Waals surface area (Å²) in [5.41, 5.74) is 3.44. The average Bonchev–Trinajstić information content (AvgIpc) is 2.91. The molecule has 0 aliphatic rings. The molecule has 0 unspecified atom stereocenters. The van der Waals surface area contributed by atoms with E-state index in [2.05, 4.69) is 15.3 Å². The summed E-state index contributed by atoms with van der Waals surface area (Å²) in [4.78, 5) is 37.6. The molecule has 3 aromatic carbocycles. The van der Waals surface area contributed by atoms with Crippen LogP contribution in [0.5, 0.6) is 5.75 Å². The van der Waals surface area contributed by atoms with E-state index in [-0.39, 0.29) is 5.69 Å². The molecule has 1 atom stereocenters. The second-order valence-corrected chi connectivity index (χ2v) is 8.40. The minimum absolute atomic E-state index is 0.0780. The fraction of sp³-hybridized carbons (Fsp3) is 0.172. The lowest BCUT2D eigenvalue weighted by molar-refractivity contribution is -0.117. The van der Waals surface area contributed by atoms with E-state index in [4.69, 9.17) is 4.74 Å². The number of hydrogen-bond donors (Lipinski definition) is 1. The third-order valence-corrected chi connectivity index (χ3v) is 5.90. The number of aryl methyl sites for hydroxylation is 2. The molecular formula is C29H27FN4O3. The third-order valence-electron chi connectivity index (χ3n) is 5.90. The molecule has 37 heavy (non-hydrogen) atoms. The van der Waals surface area contributed by atoms with Gasteiger partial charge in [-0.05, 0) is 74.4 Å². The molecule has 0 radical (unpaired) electrons. The molecule has 8 heteroatoms. The van der Waals surface area contributed by atoms with Crippen LogP contribution < -0.4 is 15.0 Å². The number of amides is 2. The number of benzene rings is 3. The highest BCUT2D eigenvalue weighted by Crippen LogP contribution is 2.36. The zero-order valence-electron chi connectivity index (χ0n) is 20.8. The van der Waals surface area contributed by atoms with Gasteiger partial charge in [0.2, 0.25) is 0 Å². The van der Waals surface area contributed by atoms with Crippen LogP contribution >= 0.6 is 0 Å².